The van der Waals surface area contributed by atoms with E-state index in [1.807, 2.05) is 51.1 Å². The molecule has 0 fully saturated rings. The number of amides is 2. The second-order valence-electron chi connectivity index (χ2n) is 10.8. The van der Waals surface area contributed by atoms with Gasteiger partial charge in [0.1, 0.15) is 17.6 Å². The van der Waals surface area contributed by atoms with Crippen molar-refractivity contribution in [3.8, 4) is 5.75 Å². The van der Waals surface area contributed by atoms with Crippen LogP contribution in [0.2, 0.25) is 0 Å². The minimum Gasteiger partial charge on any atom is -0.494 e. The summed E-state index contributed by atoms with van der Waals surface area (Å²) < 4.78 is 46.8. The Morgan fingerprint density at radius 2 is 1.60 bits per heavy atom. The van der Waals surface area contributed by atoms with Crippen LogP contribution in [0.15, 0.2) is 78.9 Å². The molecule has 0 aromatic heterocycles. The maximum Gasteiger partial charge on any atom is 0.243 e. The van der Waals surface area contributed by atoms with Gasteiger partial charge in [-0.3, -0.25) is 13.9 Å². The van der Waals surface area contributed by atoms with Gasteiger partial charge in [0.05, 0.1) is 18.6 Å². The molecule has 2 amide bonds. The third-order valence-electron chi connectivity index (χ3n) is 6.84. The summed E-state index contributed by atoms with van der Waals surface area (Å²) in [5.41, 5.74) is 1.60. The molecule has 0 heterocycles. The fourth-order valence-corrected chi connectivity index (χ4v) is 5.63. The largest absolute Gasteiger partial charge is 0.494 e. The van der Waals surface area contributed by atoms with Gasteiger partial charge in [-0.05, 0) is 55.2 Å². The Bertz CT molecular complexity index is 1430. The normalized spacial score (nSPS) is 12.0. The molecular formula is C33H42FN3O5S. The van der Waals surface area contributed by atoms with Gasteiger partial charge in [-0.1, -0.05) is 62.4 Å². The lowest BCUT2D eigenvalue weighted by atomic mass is 10.0. The van der Waals surface area contributed by atoms with E-state index in [1.165, 1.54) is 15.3 Å². The van der Waals surface area contributed by atoms with E-state index in [9.17, 15) is 22.4 Å². The molecule has 3 aromatic rings. The first kappa shape index (κ1) is 33.6. The maximum atomic E-state index is 14.8. The molecule has 0 aliphatic heterocycles. The molecule has 0 aliphatic rings. The van der Waals surface area contributed by atoms with Crippen molar-refractivity contribution in [2.45, 2.75) is 52.6 Å². The Kier molecular flexibility index (Phi) is 12.5. The number of nitrogens with zero attached hydrogens (tertiary/aromatic N) is 2. The highest BCUT2D eigenvalue weighted by Crippen LogP contribution is 2.23. The van der Waals surface area contributed by atoms with Gasteiger partial charge >= 0.3 is 0 Å². The van der Waals surface area contributed by atoms with Crippen molar-refractivity contribution in [1.82, 2.24) is 10.2 Å². The van der Waals surface area contributed by atoms with Gasteiger partial charge in [0, 0.05) is 38.0 Å². The molecule has 0 saturated carbocycles. The molecule has 10 heteroatoms. The van der Waals surface area contributed by atoms with Gasteiger partial charge in [0.15, 0.2) is 0 Å². The number of ether oxygens (including phenoxy) is 1. The summed E-state index contributed by atoms with van der Waals surface area (Å²) in [6.07, 6.45) is 1.51. The Morgan fingerprint density at radius 1 is 0.953 bits per heavy atom. The van der Waals surface area contributed by atoms with Gasteiger partial charge < -0.3 is 15.0 Å². The van der Waals surface area contributed by atoms with Crippen LogP contribution in [0.3, 0.4) is 0 Å². The standard InChI is InChI=1S/C33H42FN3O5S/c1-5-42-29-19-17-28(18-20-29)37(43(4,40)41)21-11-16-32(38)36(24-27-14-9-10-15-30(27)34)31(33(39)35-23-25(2)3)22-26-12-7-6-8-13-26/h6-10,12-15,17-20,25,31H,5,11,16,21-24H2,1-4H3,(H,35,39)/t31-/m1/s1. The Balaban J connectivity index is 1.87. The number of hydrogen-bond acceptors (Lipinski definition) is 5. The summed E-state index contributed by atoms with van der Waals surface area (Å²) >= 11 is 0. The average molecular weight is 612 g/mol. The van der Waals surface area contributed by atoms with E-state index in [-0.39, 0.29) is 55.6 Å². The maximum absolute atomic E-state index is 14.8. The van der Waals surface area contributed by atoms with E-state index < -0.39 is 21.9 Å². The molecule has 0 saturated heterocycles. The molecule has 1 atom stereocenters. The van der Waals surface area contributed by atoms with Crippen molar-refractivity contribution in [1.29, 1.82) is 0 Å². The molecule has 0 unspecified atom stereocenters. The number of halogens is 1. The van der Waals surface area contributed by atoms with Crippen molar-refractivity contribution in [3.63, 3.8) is 0 Å². The van der Waals surface area contributed by atoms with Gasteiger partial charge in [0.25, 0.3) is 0 Å². The van der Waals surface area contributed by atoms with E-state index in [1.54, 1.807) is 42.5 Å². The molecule has 3 aromatic carbocycles. The van der Waals surface area contributed by atoms with E-state index in [4.69, 9.17) is 4.74 Å². The fraction of sp³-hybridized carbons (Fsp3) is 0.394. The third kappa shape index (κ3) is 10.4. The lowest BCUT2D eigenvalue weighted by molar-refractivity contribution is -0.141. The fourth-order valence-electron chi connectivity index (χ4n) is 4.67. The van der Waals surface area contributed by atoms with Crippen LogP contribution in [0.25, 0.3) is 0 Å². The Labute approximate surface area is 254 Å². The van der Waals surface area contributed by atoms with E-state index in [0.29, 0.717) is 24.6 Å². The first-order chi connectivity index (χ1) is 20.5. The van der Waals surface area contributed by atoms with E-state index in [0.717, 1.165) is 11.8 Å². The molecule has 0 radical (unpaired) electrons. The van der Waals surface area contributed by atoms with Crippen LogP contribution in [0.5, 0.6) is 5.75 Å². The summed E-state index contributed by atoms with van der Waals surface area (Å²) in [6.45, 7) is 6.68. The molecule has 232 valence electrons. The summed E-state index contributed by atoms with van der Waals surface area (Å²) in [5.74, 6) is -0.348. The number of carbonyl (C=O) groups is 2. The zero-order valence-corrected chi connectivity index (χ0v) is 26.1. The van der Waals surface area contributed by atoms with E-state index in [2.05, 4.69) is 5.32 Å². The molecule has 8 nitrogen and oxygen atoms in total. The SMILES string of the molecule is CCOc1ccc(N(CCCC(=O)N(Cc2ccccc2F)[C@H](Cc2ccccc2)C(=O)NCC(C)C)S(C)(=O)=O)cc1. The van der Waals surface area contributed by atoms with Crippen molar-refractivity contribution in [2.75, 3.05) is 30.3 Å². The lowest BCUT2D eigenvalue weighted by Gasteiger charge is -2.32. The first-order valence-corrected chi connectivity index (χ1v) is 16.4. The molecule has 43 heavy (non-hydrogen) atoms. The van der Waals surface area contributed by atoms with Crippen molar-refractivity contribution < 1.29 is 27.1 Å². The van der Waals surface area contributed by atoms with Gasteiger partial charge in [0.2, 0.25) is 21.8 Å². The molecule has 0 bridgehead atoms. The van der Waals surface area contributed by atoms with Crippen LogP contribution < -0.4 is 14.4 Å². The van der Waals surface area contributed by atoms with Gasteiger partial charge in [-0.2, -0.15) is 0 Å². The number of sulfonamides is 1. The highest BCUT2D eigenvalue weighted by Gasteiger charge is 2.31. The smallest absolute Gasteiger partial charge is 0.243 e. The predicted octanol–water partition coefficient (Wildman–Crippen LogP) is 5.18. The van der Waals surface area contributed by atoms with Crippen molar-refractivity contribution in [3.05, 3.63) is 95.8 Å². The van der Waals surface area contributed by atoms with Crippen LogP contribution in [0, 0.1) is 11.7 Å². The molecule has 1 N–H and O–H groups in total. The van der Waals surface area contributed by atoms with Crippen LogP contribution in [0.1, 0.15) is 44.7 Å². The summed E-state index contributed by atoms with van der Waals surface area (Å²) in [4.78, 5) is 28.8. The topological polar surface area (TPSA) is 96.0 Å². The van der Waals surface area contributed by atoms with Crippen LogP contribution in [-0.2, 0) is 32.6 Å². The van der Waals surface area contributed by atoms with E-state index >= 15 is 0 Å². The minimum absolute atomic E-state index is 0.0414. The Morgan fingerprint density at radius 3 is 2.21 bits per heavy atom. The second-order valence-corrected chi connectivity index (χ2v) is 12.7. The minimum atomic E-state index is -3.65. The van der Waals surface area contributed by atoms with Gasteiger partial charge in [-0.15, -0.1) is 0 Å². The molecule has 3 rings (SSSR count). The zero-order chi connectivity index (χ0) is 31.4. The molecule has 0 spiro atoms. The number of hydrogen-bond donors (Lipinski definition) is 1. The average Bonchev–Trinajstić information content (AvgIpc) is 2.97. The number of carbonyl (C=O) groups excluding carboxylic acids is 2. The van der Waals surface area contributed by atoms with Crippen molar-refractivity contribution in [2.24, 2.45) is 5.92 Å². The summed E-state index contributed by atoms with van der Waals surface area (Å²) in [7, 11) is -3.65. The lowest BCUT2D eigenvalue weighted by Crippen LogP contribution is -2.51. The van der Waals surface area contributed by atoms with Crippen LogP contribution in [-0.4, -0.2) is 57.1 Å². The van der Waals surface area contributed by atoms with Crippen LogP contribution in [0.4, 0.5) is 10.1 Å². The number of rotatable bonds is 16. The van der Waals surface area contributed by atoms with Crippen molar-refractivity contribution >= 4 is 27.5 Å². The molecular weight excluding hydrogens is 569 g/mol. The third-order valence-corrected chi connectivity index (χ3v) is 8.04. The monoisotopic (exact) mass is 611 g/mol. The number of nitrogens with one attached hydrogen (secondary N) is 1. The zero-order valence-electron chi connectivity index (χ0n) is 25.3. The summed E-state index contributed by atoms with van der Waals surface area (Å²) in [5, 5.41) is 2.94. The van der Waals surface area contributed by atoms with Crippen LogP contribution >= 0.6 is 0 Å². The molecule has 0 aliphatic carbocycles. The highest BCUT2D eigenvalue weighted by atomic mass is 32.2. The second kappa shape index (κ2) is 16.1. The Hall–Kier alpha value is -3.92. The number of anilines is 1. The highest BCUT2D eigenvalue weighted by molar-refractivity contribution is 7.92. The predicted molar refractivity (Wildman–Crippen MR) is 168 cm³/mol. The summed E-state index contributed by atoms with van der Waals surface area (Å²) in [6, 6.07) is 21.4. The first-order valence-electron chi connectivity index (χ1n) is 14.5. The number of benzene rings is 3. The van der Waals surface area contributed by atoms with Gasteiger partial charge in [-0.25, -0.2) is 12.8 Å². The quantitative estimate of drug-likeness (QED) is 0.241.